The van der Waals surface area contributed by atoms with Crippen LogP contribution in [-0.2, 0) is 0 Å². The highest BCUT2D eigenvalue weighted by Gasteiger charge is 2.04. The summed E-state index contributed by atoms with van der Waals surface area (Å²) in [5.41, 5.74) is 5.58. The van der Waals surface area contributed by atoms with Crippen LogP contribution in [-0.4, -0.2) is 13.2 Å². The smallest absolute Gasteiger partial charge is 0.119 e. The van der Waals surface area contributed by atoms with Crippen molar-refractivity contribution in [1.29, 1.82) is 0 Å². The Hall–Kier alpha value is -0.540. The molecular formula is C11H16BrNO. The first-order chi connectivity index (χ1) is 6.76. The Kier molecular flexibility index (Phi) is 4.98. The van der Waals surface area contributed by atoms with Gasteiger partial charge in [0.15, 0.2) is 0 Å². The first-order valence-corrected chi connectivity index (χ1v) is 5.64. The van der Waals surface area contributed by atoms with Crippen LogP contribution in [0, 0.1) is 5.92 Å². The van der Waals surface area contributed by atoms with E-state index in [9.17, 15) is 0 Å². The van der Waals surface area contributed by atoms with Gasteiger partial charge in [-0.05, 0) is 37.2 Å². The van der Waals surface area contributed by atoms with Crippen molar-refractivity contribution in [2.45, 2.75) is 13.3 Å². The van der Waals surface area contributed by atoms with E-state index < -0.39 is 0 Å². The molecule has 0 aliphatic carbocycles. The Morgan fingerprint density at radius 1 is 1.36 bits per heavy atom. The van der Waals surface area contributed by atoms with E-state index in [0.29, 0.717) is 19.1 Å². The minimum atomic E-state index is 0.457. The van der Waals surface area contributed by atoms with E-state index in [-0.39, 0.29) is 0 Å². The molecule has 1 aromatic carbocycles. The van der Waals surface area contributed by atoms with E-state index in [1.54, 1.807) is 0 Å². The first-order valence-electron chi connectivity index (χ1n) is 4.84. The molecule has 0 fully saturated rings. The Labute approximate surface area is 93.6 Å². The lowest BCUT2D eigenvalue weighted by molar-refractivity contribution is 0.249. The molecule has 1 unspecified atom stereocenters. The number of ether oxygens (including phenoxy) is 1. The van der Waals surface area contributed by atoms with Crippen LogP contribution < -0.4 is 10.5 Å². The number of halogens is 1. The van der Waals surface area contributed by atoms with Gasteiger partial charge < -0.3 is 10.5 Å². The van der Waals surface area contributed by atoms with E-state index in [2.05, 4.69) is 22.9 Å². The van der Waals surface area contributed by atoms with Crippen LogP contribution in [0.25, 0.3) is 0 Å². The predicted molar refractivity (Wildman–Crippen MR) is 62.5 cm³/mol. The monoisotopic (exact) mass is 257 g/mol. The van der Waals surface area contributed by atoms with Crippen molar-refractivity contribution in [1.82, 2.24) is 0 Å². The van der Waals surface area contributed by atoms with Gasteiger partial charge in [-0.25, -0.2) is 0 Å². The molecule has 1 rings (SSSR count). The molecule has 0 saturated heterocycles. The molecule has 0 heterocycles. The largest absolute Gasteiger partial charge is 0.493 e. The maximum absolute atomic E-state index is 5.60. The summed E-state index contributed by atoms with van der Waals surface area (Å²) in [6, 6.07) is 7.85. The fourth-order valence-corrected chi connectivity index (χ4v) is 1.36. The minimum absolute atomic E-state index is 0.457. The average Bonchev–Trinajstić information content (AvgIpc) is 2.22. The van der Waals surface area contributed by atoms with Crippen molar-refractivity contribution in [2.24, 2.45) is 11.7 Å². The topological polar surface area (TPSA) is 35.2 Å². The van der Waals surface area contributed by atoms with Gasteiger partial charge in [-0.1, -0.05) is 22.9 Å². The third-order valence-corrected chi connectivity index (χ3v) is 2.74. The molecular weight excluding hydrogens is 242 g/mol. The molecule has 1 atom stereocenters. The van der Waals surface area contributed by atoms with Gasteiger partial charge in [0.25, 0.3) is 0 Å². The number of nitrogens with two attached hydrogens (primary N) is 1. The predicted octanol–water partition coefficient (Wildman–Crippen LogP) is 2.81. The summed E-state index contributed by atoms with van der Waals surface area (Å²) in [7, 11) is 0. The standard InChI is InChI=1S/C11H16BrNO/c1-2-9(7-13)8-14-11-5-3-10(12)4-6-11/h3-6,9H,2,7-8,13H2,1H3. The molecule has 0 aromatic heterocycles. The van der Waals surface area contributed by atoms with Crippen LogP contribution in [0.5, 0.6) is 5.75 Å². The summed E-state index contributed by atoms with van der Waals surface area (Å²) in [4.78, 5) is 0. The van der Waals surface area contributed by atoms with Crippen molar-refractivity contribution in [2.75, 3.05) is 13.2 Å². The number of hydrogen-bond donors (Lipinski definition) is 1. The molecule has 1 aromatic rings. The van der Waals surface area contributed by atoms with E-state index in [4.69, 9.17) is 10.5 Å². The summed E-state index contributed by atoms with van der Waals surface area (Å²) in [6.45, 7) is 3.52. The van der Waals surface area contributed by atoms with Gasteiger partial charge in [-0.2, -0.15) is 0 Å². The molecule has 0 amide bonds. The van der Waals surface area contributed by atoms with Crippen LogP contribution in [0.1, 0.15) is 13.3 Å². The quantitative estimate of drug-likeness (QED) is 0.881. The molecule has 14 heavy (non-hydrogen) atoms. The van der Waals surface area contributed by atoms with E-state index in [0.717, 1.165) is 16.6 Å². The molecule has 2 nitrogen and oxygen atoms in total. The summed E-state index contributed by atoms with van der Waals surface area (Å²) in [5, 5.41) is 0. The van der Waals surface area contributed by atoms with Gasteiger partial charge in [0.1, 0.15) is 5.75 Å². The second-order valence-electron chi connectivity index (χ2n) is 3.27. The van der Waals surface area contributed by atoms with Crippen LogP contribution in [0.15, 0.2) is 28.7 Å². The zero-order valence-corrected chi connectivity index (χ0v) is 9.96. The summed E-state index contributed by atoms with van der Waals surface area (Å²) >= 11 is 3.38. The lowest BCUT2D eigenvalue weighted by Crippen LogP contribution is -2.20. The van der Waals surface area contributed by atoms with E-state index in [1.807, 2.05) is 24.3 Å². The number of benzene rings is 1. The Balaban J connectivity index is 2.41. The number of rotatable bonds is 5. The normalized spacial score (nSPS) is 12.5. The highest BCUT2D eigenvalue weighted by Crippen LogP contribution is 2.16. The summed E-state index contributed by atoms with van der Waals surface area (Å²) < 4.78 is 6.67. The van der Waals surface area contributed by atoms with Gasteiger partial charge in [0.05, 0.1) is 6.61 Å². The van der Waals surface area contributed by atoms with Crippen molar-refractivity contribution in [3.05, 3.63) is 28.7 Å². The molecule has 0 bridgehead atoms. The third-order valence-electron chi connectivity index (χ3n) is 2.21. The SMILES string of the molecule is CCC(CN)COc1ccc(Br)cc1. The van der Waals surface area contributed by atoms with E-state index in [1.165, 1.54) is 0 Å². The van der Waals surface area contributed by atoms with Crippen molar-refractivity contribution >= 4 is 15.9 Å². The van der Waals surface area contributed by atoms with E-state index >= 15 is 0 Å². The second-order valence-corrected chi connectivity index (χ2v) is 4.19. The fraction of sp³-hybridized carbons (Fsp3) is 0.455. The maximum atomic E-state index is 5.60. The third kappa shape index (κ3) is 3.68. The molecule has 0 spiro atoms. The Morgan fingerprint density at radius 2 is 2.00 bits per heavy atom. The second kappa shape index (κ2) is 6.04. The highest BCUT2D eigenvalue weighted by molar-refractivity contribution is 9.10. The zero-order chi connectivity index (χ0) is 10.4. The lowest BCUT2D eigenvalue weighted by Gasteiger charge is -2.13. The minimum Gasteiger partial charge on any atom is -0.493 e. The van der Waals surface area contributed by atoms with Gasteiger partial charge in [-0.15, -0.1) is 0 Å². The van der Waals surface area contributed by atoms with Gasteiger partial charge in [-0.3, -0.25) is 0 Å². The van der Waals surface area contributed by atoms with Crippen molar-refractivity contribution in [3.63, 3.8) is 0 Å². The summed E-state index contributed by atoms with van der Waals surface area (Å²) in [5.74, 6) is 1.36. The molecule has 0 aliphatic heterocycles. The van der Waals surface area contributed by atoms with Crippen molar-refractivity contribution in [3.8, 4) is 5.75 Å². The van der Waals surface area contributed by atoms with Crippen LogP contribution in [0.3, 0.4) is 0 Å². The Morgan fingerprint density at radius 3 is 2.50 bits per heavy atom. The molecule has 0 radical (unpaired) electrons. The van der Waals surface area contributed by atoms with Gasteiger partial charge in [0.2, 0.25) is 0 Å². The average molecular weight is 258 g/mol. The van der Waals surface area contributed by atoms with Crippen molar-refractivity contribution < 1.29 is 4.74 Å². The van der Waals surface area contributed by atoms with Gasteiger partial charge >= 0.3 is 0 Å². The molecule has 0 saturated carbocycles. The first kappa shape index (κ1) is 11.5. The molecule has 2 N–H and O–H groups in total. The number of hydrogen-bond acceptors (Lipinski definition) is 2. The van der Waals surface area contributed by atoms with Crippen LogP contribution >= 0.6 is 15.9 Å². The molecule has 3 heteroatoms. The zero-order valence-electron chi connectivity index (χ0n) is 8.37. The summed E-state index contributed by atoms with van der Waals surface area (Å²) in [6.07, 6.45) is 1.06. The lowest BCUT2D eigenvalue weighted by atomic mass is 10.1. The van der Waals surface area contributed by atoms with Crippen LogP contribution in [0.2, 0.25) is 0 Å². The highest BCUT2D eigenvalue weighted by atomic mass is 79.9. The maximum Gasteiger partial charge on any atom is 0.119 e. The fourth-order valence-electron chi connectivity index (χ4n) is 1.10. The van der Waals surface area contributed by atoms with Crippen LogP contribution in [0.4, 0.5) is 0 Å². The Bertz CT molecular complexity index is 256. The molecule has 78 valence electrons. The molecule has 0 aliphatic rings. The van der Waals surface area contributed by atoms with Gasteiger partial charge in [0, 0.05) is 10.4 Å².